The lowest BCUT2D eigenvalue weighted by Gasteiger charge is -2.44. The van der Waals surface area contributed by atoms with Crippen LogP contribution in [0, 0.1) is 5.92 Å². The van der Waals surface area contributed by atoms with Gasteiger partial charge in [-0.25, -0.2) is 0 Å². The third-order valence-corrected chi connectivity index (χ3v) is 5.34. The highest BCUT2D eigenvalue weighted by atomic mass is 16.3. The smallest absolute Gasteiger partial charge is 0.108 e. The molecule has 2 bridgehead atoms. The van der Waals surface area contributed by atoms with Crippen LogP contribution in [0.15, 0.2) is 35.9 Å². The fraction of sp³-hybridized carbons (Fsp3) is 0.444. The molecule has 3 aliphatic heterocycles. The first-order valence-corrected chi connectivity index (χ1v) is 7.81. The molecule has 4 heterocycles. The number of rotatable bonds is 0. The number of hydrogen-bond acceptors (Lipinski definition) is 2. The molecule has 0 saturated carbocycles. The summed E-state index contributed by atoms with van der Waals surface area (Å²) in [4.78, 5) is 6.00. The van der Waals surface area contributed by atoms with Crippen molar-refractivity contribution < 1.29 is 5.11 Å². The van der Waals surface area contributed by atoms with Gasteiger partial charge in [0, 0.05) is 29.9 Å². The molecule has 5 rings (SSSR count). The van der Waals surface area contributed by atoms with Crippen LogP contribution in [0.1, 0.15) is 31.5 Å². The first-order valence-electron chi connectivity index (χ1n) is 7.81. The average molecular weight is 282 g/mol. The summed E-state index contributed by atoms with van der Waals surface area (Å²) in [6.45, 7) is 7.04. The number of allylic oxidation sites excluding steroid dienone is 1. The quantitative estimate of drug-likeness (QED) is 0.729. The van der Waals surface area contributed by atoms with Crippen molar-refractivity contribution in [1.82, 2.24) is 9.88 Å². The SMILES string of the molecule is C/C=C1/CN2CC[C@H]1[C@@](C)(O)c1[nH]c3ccccc3c1C2. The zero-order chi connectivity index (χ0) is 14.6. The first-order chi connectivity index (χ1) is 10.1. The van der Waals surface area contributed by atoms with Crippen LogP contribution in [0.2, 0.25) is 0 Å². The minimum Gasteiger partial charge on any atom is -0.383 e. The molecule has 1 saturated heterocycles. The summed E-state index contributed by atoms with van der Waals surface area (Å²) in [5.74, 6) is 0.214. The predicted molar refractivity (Wildman–Crippen MR) is 85.0 cm³/mol. The van der Waals surface area contributed by atoms with Crippen LogP contribution in [0.4, 0.5) is 0 Å². The number of aliphatic hydroxyl groups is 1. The average Bonchev–Trinajstić information content (AvgIpc) is 2.85. The molecule has 1 unspecified atom stereocenters. The molecule has 1 fully saturated rings. The van der Waals surface area contributed by atoms with Crippen molar-refractivity contribution in [3.8, 4) is 0 Å². The van der Waals surface area contributed by atoms with Gasteiger partial charge in [0.25, 0.3) is 0 Å². The highest BCUT2D eigenvalue weighted by molar-refractivity contribution is 5.85. The van der Waals surface area contributed by atoms with Gasteiger partial charge in [-0.3, -0.25) is 4.90 Å². The summed E-state index contributed by atoms with van der Waals surface area (Å²) in [6.07, 6.45) is 3.22. The van der Waals surface area contributed by atoms with Crippen molar-refractivity contribution >= 4 is 10.9 Å². The molecular weight excluding hydrogens is 260 g/mol. The highest BCUT2D eigenvalue weighted by Gasteiger charge is 2.43. The number of H-pyrrole nitrogens is 1. The molecule has 3 atom stereocenters. The van der Waals surface area contributed by atoms with Crippen LogP contribution in [-0.2, 0) is 12.1 Å². The zero-order valence-corrected chi connectivity index (χ0v) is 12.7. The molecule has 0 radical (unpaired) electrons. The molecule has 3 heteroatoms. The Labute approximate surface area is 125 Å². The molecule has 0 spiro atoms. The number of piperidine rings is 1. The highest BCUT2D eigenvalue weighted by Crippen LogP contribution is 2.44. The monoisotopic (exact) mass is 282 g/mol. The van der Waals surface area contributed by atoms with Crippen molar-refractivity contribution in [2.75, 3.05) is 13.1 Å². The van der Waals surface area contributed by atoms with Crippen molar-refractivity contribution in [3.05, 3.63) is 47.2 Å². The van der Waals surface area contributed by atoms with Gasteiger partial charge >= 0.3 is 0 Å². The van der Waals surface area contributed by atoms with Crippen molar-refractivity contribution in [2.24, 2.45) is 5.92 Å². The number of nitrogens with zero attached hydrogens (tertiary/aromatic N) is 1. The van der Waals surface area contributed by atoms with Gasteiger partial charge < -0.3 is 10.1 Å². The van der Waals surface area contributed by atoms with Crippen molar-refractivity contribution in [1.29, 1.82) is 0 Å². The van der Waals surface area contributed by atoms with E-state index in [1.807, 2.05) is 13.0 Å². The van der Waals surface area contributed by atoms with Gasteiger partial charge in [-0.2, -0.15) is 0 Å². The topological polar surface area (TPSA) is 39.3 Å². The number of hydrogen-bond donors (Lipinski definition) is 2. The summed E-state index contributed by atoms with van der Waals surface area (Å²) >= 11 is 0. The Hall–Kier alpha value is -1.58. The predicted octanol–water partition coefficient (Wildman–Crippen LogP) is 3.16. The number of para-hydroxylation sites is 1. The summed E-state index contributed by atoms with van der Waals surface area (Å²) in [5.41, 5.74) is 3.97. The molecule has 1 aromatic heterocycles. The Kier molecular flexibility index (Phi) is 2.78. The molecular formula is C18H22N2O. The van der Waals surface area contributed by atoms with Gasteiger partial charge in [-0.1, -0.05) is 29.8 Å². The summed E-state index contributed by atoms with van der Waals surface area (Å²) in [7, 11) is 0. The Bertz CT molecular complexity index is 726. The van der Waals surface area contributed by atoms with E-state index in [4.69, 9.17) is 0 Å². The van der Waals surface area contributed by atoms with Crippen LogP contribution < -0.4 is 0 Å². The summed E-state index contributed by atoms with van der Waals surface area (Å²) in [5, 5.41) is 12.6. The second-order valence-corrected chi connectivity index (χ2v) is 6.59. The zero-order valence-electron chi connectivity index (χ0n) is 12.7. The van der Waals surface area contributed by atoms with E-state index in [0.29, 0.717) is 0 Å². The molecule has 2 aromatic rings. The maximum atomic E-state index is 11.3. The molecule has 0 amide bonds. The number of benzene rings is 1. The largest absolute Gasteiger partial charge is 0.383 e. The lowest BCUT2D eigenvalue weighted by Crippen LogP contribution is -2.46. The number of aromatic nitrogens is 1. The van der Waals surface area contributed by atoms with Crippen LogP contribution in [0.3, 0.4) is 0 Å². The van der Waals surface area contributed by atoms with Crippen molar-refractivity contribution in [2.45, 2.75) is 32.4 Å². The molecule has 110 valence electrons. The Morgan fingerprint density at radius 2 is 2.14 bits per heavy atom. The van der Waals surface area contributed by atoms with Crippen LogP contribution in [0.25, 0.3) is 10.9 Å². The molecule has 2 N–H and O–H groups in total. The van der Waals surface area contributed by atoms with E-state index in [9.17, 15) is 5.11 Å². The molecule has 0 aliphatic carbocycles. The van der Waals surface area contributed by atoms with Gasteiger partial charge in [-0.05, 0) is 38.4 Å². The first kappa shape index (κ1) is 13.1. The minimum absolute atomic E-state index is 0.214. The molecule has 3 aliphatic rings. The fourth-order valence-electron chi connectivity index (χ4n) is 4.21. The molecule has 3 nitrogen and oxygen atoms in total. The Morgan fingerprint density at radius 1 is 1.33 bits per heavy atom. The second kappa shape index (κ2) is 4.46. The number of fused-ring (bicyclic) bond motifs is 3. The van der Waals surface area contributed by atoms with E-state index < -0.39 is 5.60 Å². The maximum absolute atomic E-state index is 11.3. The third kappa shape index (κ3) is 1.81. The summed E-state index contributed by atoms with van der Waals surface area (Å²) in [6, 6.07) is 8.39. The maximum Gasteiger partial charge on any atom is 0.108 e. The number of nitrogens with one attached hydrogen (secondary N) is 1. The second-order valence-electron chi connectivity index (χ2n) is 6.59. The number of aromatic amines is 1. The third-order valence-electron chi connectivity index (χ3n) is 5.34. The van der Waals surface area contributed by atoms with E-state index >= 15 is 0 Å². The Morgan fingerprint density at radius 3 is 2.95 bits per heavy atom. The van der Waals surface area contributed by atoms with E-state index in [1.54, 1.807) is 0 Å². The van der Waals surface area contributed by atoms with Gasteiger partial charge in [-0.15, -0.1) is 0 Å². The fourth-order valence-corrected chi connectivity index (χ4v) is 4.21. The van der Waals surface area contributed by atoms with E-state index in [0.717, 1.165) is 37.3 Å². The van der Waals surface area contributed by atoms with E-state index in [-0.39, 0.29) is 5.92 Å². The lowest BCUT2D eigenvalue weighted by atomic mass is 9.74. The molecule has 21 heavy (non-hydrogen) atoms. The Balaban J connectivity index is 1.99. The van der Waals surface area contributed by atoms with Crippen LogP contribution in [0.5, 0.6) is 0 Å². The standard InChI is InChI=1S/C18H22N2O/c1-3-12-10-20-9-8-15(12)18(2,21)17-14(11-20)13-6-4-5-7-16(13)19-17/h3-7,15,19,21H,8-11H2,1-2H3/b12-3-/t15-,18-/m1/s1. The van der Waals surface area contributed by atoms with Gasteiger partial charge in [0.1, 0.15) is 5.60 Å². The van der Waals surface area contributed by atoms with Crippen molar-refractivity contribution in [3.63, 3.8) is 0 Å². The lowest BCUT2D eigenvalue weighted by molar-refractivity contribution is -0.0203. The van der Waals surface area contributed by atoms with Gasteiger partial charge in [0.15, 0.2) is 0 Å². The van der Waals surface area contributed by atoms with Crippen LogP contribution in [-0.4, -0.2) is 28.1 Å². The molecule has 1 aromatic carbocycles. The van der Waals surface area contributed by atoms with Gasteiger partial charge in [0.05, 0.1) is 5.69 Å². The van der Waals surface area contributed by atoms with E-state index in [1.165, 1.54) is 16.5 Å². The van der Waals surface area contributed by atoms with Gasteiger partial charge in [0.2, 0.25) is 0 Å². The summed E-state index contributed by atoms with van der Waals surface area (Å²) < 4.78 is 0. The minimum atomic E-state index is -0.817. The van der Waals surface area contributed by atoms with E-state index in [2.05, 4.69) is 41.1 Å². The normalized spacial score (nSPS) is 34.0. The van der Waals surface area contributed by atoms with Crippen LogP contribution >= 0.6 is 0 Å².